The standard InChI is InChI=1S/C15H21NO4S/c1-12(18)13-6-5-8-15(10-13)21(19,20)16-9-4-2-3-7-14(16)11-17/h5-6,8,10,14,17H,2-4,7,9,11H2,1H3. The minimum atomic E-state index is -3.68. The van der Waals surface area contributed by atoms with Crippen LogP contribution in [0.3, 0.4) is 0 Å². The Balaban J connectivity index is 2.39. The van der Waals surface area contributed by atoms with Gasteiger partial charge >= 0.3 is 0 Å². The number of Topliss-reactive ketones (excluding diaryl/α,β-unsaturated/α-hetero) is 1. The van der Waals surface area contributed by atoms with Gasteiger partial charge in [-0.2, -0.15) is 4.31 Å². The number of aliphatic hydroxyl groups excluding tert-OH is 1. The molecule has 5 nitrogen and oxygen atoms in total. The molecule has 1 fully saturated rings. The van der Waals surface area contributed by atoms with E-state index in [1.165, 1.54) is 23.4 Å². The molecule has 0 amide bonds. The highest BCUT2D eigenvalue weighted by Crippen LogP contribution is 2.25. The van der Waals surface area contributed by atoms with Crippen LogP contribution in [-0.2, 0) is 10.0 Å². The van der Waals surface area contributed by atoms with Crippen LogP contribution >= 0.6 is 0 Å². The lowest BCUT2D eigenvalue weighted by Gasteiger charge is -2.27. The molecule has 1 N–H and O–H groups in total. The van der Waals surface area contributed by atoms with Crippen molar-refractivity contribution in [3.8, 4) is 0 Å². The van der Waals surface area contributed by atoms with Crippen LogP contribution in [0.15, 0.2) is 29.2 Å². The van der Waals surface area contributed by atoms with Gasteiger partial charge in [0.15, 0.2) is 5.78 Å². The Bertz CT molecular complexity index is 612. The second kappa shape index (κ2) is 6.68. The molecular weight excluding hydrogens is 290 g/mol. The third kappa shape index (κ3) is 3.51. The predicted molar refractivity (Wildman–Crippen MR) is 79.7 cm³/mol. The molecule has 1 aliphatic rings. The summed E-state index contributed by atoms with van der Waals surface area (Å²) >= 11 is 0. The minimum absolute atomic E-state index is 0.121. The van der Waals surface area contributed by atoms with Crippen LogP contribution in [0.5, 0.6) is 0 Å². The lowest BCUT2D eigenvalue weighted by Crippen LogP contribution is -2.42. The molecule has 2 rings (SSSR count). The van der Waals surface area contributed by atoms with E-state index in [0.717, 1.165) is 19.3 Å². The summed E-state index contributed by atoms with van der Waals surface area (Å²) in [4.78, 5) is 11.5. The molecule has 0 bridgehead atoms. The summed E-state index contributed by atoms with van der Waals surface area (Å²) in [7, 11) is -3.68. The Hall–Kier alpha value is -1.24. The number of hydrogen-bond acceptors (Lipinski definition) is 4. The summed E-state index contributed by atoms with van der Waals surface area (Å²) in [6.45, 7) is 1.65. The van der Waals surface area contributed by atoms with Crippen LogP contribution in [0.1, 0.15) is 43.0 Å². The van der Waals surface area contributed by atoms with Crippen molar-refractivity contribution in [3.63, 3.8) is 0 Å². The van der Waals surface area contributed by atoms with Crippen LogP contribution in [0.2, 0.25) is 0 Å². The summed E-state index contributed by atoms with van der Waals surface area (Å²) in [6, 6.07) is 5.72. The molecule has 0 radical (unpaired) electrons. The van der Waals surface area contributed by atoms with E-state index in [4.69, 9.17) is 0 Å². The smallest absolute Gasteiger partial charge is 0.243 e. The average Bonchev–Trinajstić information content (AvgIpc) is 2.73. The molecule has 116 valence electrons. The second-order valence-electron chi connectivity index (χ2n) is 5.39. The van der Waals surface area contributed by atoms with E-state index in [9.17, 15) is 18.3 Å². The van der Waals surface area contributed by atoms with E-state index >= 15 is 0 Å². The predicted octanol–water partition coefficient (Wildman–Crippen LogP) is 1.81. The summed E-state index contributed by atoms with van der Waals surface area (Å²) in [5.74, 6) is -0.165. The average molecular weight is 311 g/mol. The third-order valence-corrected chi connectivity index (χ3v) is 5.83. The first-order valence-electron chi connectivity index (χ1n) is 7.20. The maximum Gasteiger partial charge on any atom is 0.243 e. The van der Waals surface area contributed by atoms with Gasteiger partial charge in [-0.25, -0.2) is 8.42 Å². The molecule has 1 aromatic carbocycles. The Morgan fingerprint density at radius 1 is 1.33 bits per heavy atom. The van der Waals surface area contributed by atoms with Gasteiger partial charge in [-0.05, 0) is 31.9 Å². The molecule has 6 heteroatoms. The molecule has 1 unspecified atom stereocenters. The Labute approximate surface area is 125 Å². The molecule has 1 aromatic rings. The normalized spacial score (nSPS) is 21.0. The fourth-order valence-electron chi connectivity index (χ4n) is 2.66. The van der Waals surface area contributed by atoms with Crippen LogP contribution in [-0.4, -0.2) is 42.8 Å². The number of hydrogen-bond donors (Lipinski definition) is 1. The van der Waals surface area contributed by atoms with Gasteiger partial charge in [0.25, 0.3) is 0 Å². The number of benzene rings is 1. The monoisotopic (exact) mass is 311 g/mol. The Kier molecular flexibility index (Phi) is 5.13. The number of carbonyl (C=O) groups excluding carboxylic acids is 1. The van der Waals surface area contributed by atoms with E-state index in [1.54, 1.807) is 12.1 Å². The molecule has 1 aliphatic heterocycles. The highest BCUT2D eigenvalue weighted by Gasteiger charge is 2.32. The van der Waals surface area contributed by atoms with Gasteiger partial charge in [0.05, 0.1) is 11.5 Å². The first-order valence-corrected chi connectivity index (χ1v) is 8.64. The van der Waals surface area contributed by atoms with Gasteiger partial charge < -0.3 is 5.11 Å². The zero-order chi connectivity index (χ0) is 15.5. The third-order valence-electron chi connectivity index (χ3n) is 3.88. The Morgan fingerprint density at radius 3 is 2.76 bits per heavy atom. The second-order valence-corrected chi connectivity index (χ2v) is 7.28. The van der Waals surface area contributed by atoms with Crippen LogP contribution in [0.4, 0.5) is 0 Å². The van der Waals surface area contributed by atoms with E-state index < -0.39 is 10.0 Å². The summed E-state index contributed by atoms with van der Waals surface area (Å²) in [6.07, 6.45) is 3.35. The summed E-state index contributed by atoms with van der Waals surface area (Å²) < 4.78 is 27.0. The summed E-state index contributed by atoms with van der Waals surface area (Å²) in [5.41, 5.74) is 0.381. The molecule has 1 atom stereocenters. The van der Waals surface area contributed by atoms with E-state index in [0.29, 0.717) is 18.5 Å². The molecule has 0 spiro atoms. The first-order chi connectivity index (χ1) is 9.96. The highest BCUT2D eigenvalue weighted by molar-refractivity contribution is 7.89. The lowest BCUT2D eigenvalue weighted by atomic mass is 10.1. The molecule has 1 heterocycles. The maximum absolute atomic E-state index is 12.8. The molecule has 1 saturated heterocycles. The van der Waals surface area contributed by atoms with Gasteiger partial charge in [-0.15, -0.1) is 0 Å². The van der Waals surface area contributed by atoms with Gasteiger partial charge in [-0.1, -0.05) is 25.0 Å². The molecule has 0 aliphatic carbocycles. The quantitative estimate of drug-likeness (QED) is 0.861. The molecule has 21 heavy (non-hydrogen) atoms. The van der Waals surface area contributed by atoms with Gasteiger partial charge in [-0.3, -0.25) is 4.79 Å². The van der Waals surface area contributed by atoms with Crippen molar-refractivity contribution in [2.24, 2.45) is 0 Å². The van der Waals surface area contributed by atoms with Crippen LogP contribution < -0.4 is 0 Å². The fraction of sp³-hybridized carbons (Fsp3) is 0.533. The van der Waals surface area contributed by atoms with Crippen molar-refractivity contribution in [2.45, 2.75) is 43.5 Å². The largest absolute Gasteiger partial charge is 0.395 e. The first kappa shape index (κ1) is 16.1. The van der Waals surface area contributed by atoms with Crippen LogP contribution in [0.25, 0.3) is 0 Å². The fourth-order valence-corrected chi connectivity index (χ4v) is 4.39. The van der Waals surface area contributed by atoms with Gasteiger partial charge in [0.1, 0.15) is 0 Å². The lowest BCUT2D eigenvalue weighted by molar-refractivity contribution is 0.101. The number of ketones is 1. The maximum atomic E-state index is 12.8. The zero-order valence-corrected chi connectivity index (χ0v) is 13.0. The zero-order valence-electron chi connectivity index (χ0n) is 12.2. The number of nitrogens with zero attached hydrogens (tertiary/aromatic N) is 1. The number of aliphatic hydroxyl groups is 1. The van der Waals surface area contributed by atoms with Crippen molar-refractivity contribution in [2.75, 3.05) is 13.2 Å². The number of sulfonamides is 1. The van der Waals surface area contributed by atoms with E-state index in [-0.39, 0.29) is 23.3 Å². The van der Waals surface area contributed by atoms with Crippen molar-refractivity contribution in [1.82, 2.24) is 4.31 Å². The SMILES string of the molecule is CC(=O)c1cccc(S(=O)(=O)N2CCCCCC2CO)c1. The van der Waals surface area contributed by atoms with Crippen molar-refractivity contribution < 1.29 is 18.3 Å². The minimum Gasteiger partial charge on any atom is -0.395 e. The van der Waals surface area contributed by atoms with Crippen molar-refractivity contribution in [3.05, 3.63) is 29.8 Å². The summed E-state index contributed by atoms with van der Waals surface area (Å²) in [5, 5.41) is 9.48. The molecule has 0 aromatic heterocycles. The van der Waals surface area contributed by atoms with Gasteiger partial charge in [0, 0.05) is 18.2 Å². The van der Waals surface area contributed by atoms with E-state index in [2.05, 4.69) is 0 Å². The molecular formula is C15H21NO4S. The topological polar surface area (TPSA) is 74.7 Å². The highest BCUT2D eigenvalue weighted by atomic mass is 32.2. The van der Waals surface area contributed by atoms with Crippen molar-refractivity contribution in [1.29, 1.82) is 0 Å². The van der Waals surface area contributed by atoms with Gasteiger partial charge in [0.2, 0.25) is 10.0 Å². The van der Waals surface area contributed by atoms with Crippen LogP contribution in [0, 0.1) is 0 Å². The number of rotatable bonds is 4. The number of carbonyl (C=O) groups is 1. The van der Waals surface area contributed by atoms with Crippen molar-refractivity contribution >= 4 is 15.8 Å². The van der Waals surface area contributed by atoms with E-state index in [1.807, 2.05) is 0 Å². The molecule has 0 saturated carbocycles. The Morgan fingerprint density at radius 2 is 2.10 bits per heavy atom.